The second-order valence-corrected chi connectivity index (χ2v) is 7.59. The van der Waals surface area contributed by atoms with Crippen LogP contribution in [-0.4, -0.2) is 15.7 Å². The summed E-state index contributed by atoms with van der Waals surface area (Å²) in [5.41, 5.74) is 3.26. The molecule has 2 aliphatic rings. The largest absolute Gasteiger partial charge is 0.348 e. The van der Waals surface area contributed by atoms with E-state index in [1.165, 1.54) is 11.3 Å². The predicted octanol–water partition coefficient (Wildman–Crippen LogP) is 3.41. The molecule has 4 rings (SSSR count). The van der Waals surface area contributed by atoms with Crippen LogP contribution in [0.3, 0.4) is 0 Å². The smallest absolute Gasteiger partial charge is 0.231 e. The number of halogens is 1. The zero-order valence-electron chi connectivity index (χ0n) is 13.2. The molecule has 0 aliphatic heterocycles. The minimum absolute atomic E-state index is 0.105. The monoisotopic (exact) mass is 373 g/mol. The Morgan fingerprint density at radius 2 is 2.09 bits per heavy atom. The molecule has 120 valence electrons. The number of hydrogen-bond acceptors (Lipinski definition) is 2. The molecule has 0 spiro atoms. The summed E-state index contributed by atoms with van der Waals surface area (Å²) >= 11 is 3.46. The van der Waals surface area contributed by atoms with Gasteiger partial charge in [-0.25, -0.2) is 0 Å². The Morgan fingerprint density at radius 1 is 1.35 bits per heavy atom. The zero-order valence-corrected chi connectivity index (χ0v) is 14.8. The molecule has 1 amide bonds. The van der Waals surface area contributed by atoms with Gasteiger partial charge >= 0.3 is 0 Å². The number of aromatic nitrogens is 2. The SMILES string of the molecule is Cn1ncc2c1CCC[C@H]2NC(=O)C1(c2ccc(Br)cc2)CC1. The van der Waals surface area contributed by atoms with Gasteiger partial charge < -0.3 is 5.32 Å². The van der Waals surface area contributed by atoms with E-state index in [0.717, 1.165) is 42.1 Å². The van der Waals surface area contributed by atoms with E-state index in [0.29, 0.717) is 0 Å². The second kappa shape index (κ2) is 5.48. The first-order chi connectivity index (χ1) is 11.1. The number of nitrogens with one attached hydrogen (secondary N) is 1. The predicted molar refractivity (Wildman–Crippen MR) is 92.1 cm³/mol. The van der Waals surface area contributed by atoms with Gasteiger partial charge in [0.05, 0.1) is 17.7 Å². The molecular weight excluding hydrogens is 354 g/mol. The Hall–Kier alpha value is -1.62. The number of aryl methyl sites for hydroxylation is 1. The third-order valence-electron chi connectivity index (χ3n) is 5.26. The maximum Gasteiger partial charge on any atom is 0.231 e. The molecule has 1 aromatic heterocycles. The van der Waals surface area contributed by atoms with E-state index in [-0.39, 0.29) is 17.4 Å². The van der Waals surface area contributed by atoms with Crippen molar-refractivity contribution in [1.82, 2.24) is 15.1 Å². The Balaban J connectivity index is 1.56. The van der Waals surface area contributed by atoms with Gasteiger partial charge in [0.1, 0.15) is 0 Å². The molecule has 0 bridgehead atoms. The summed E-state index contributed by atoms with van der Waals surface area (Å²) in [6.07, 6.45) is 6.94. The van der Waals surface area contributed by atoms with Crippen molar-refractivity contribution in [2.24, 2.45) is 7.05 Å². The molecule has 2 aliphatic carbocycles. The van der Waals surface area contributed by atoms with E-state index in [9.17, 15) is 4.79 Å². The highest BCUT2D eigenvalue weighted by Crippen LogP contribution is 2.49. The highest BCUT2D eigenvalue weighted by Gasteiger charge is 2.51. The Morgan fingerprint density at radius 3 is 2.78 bits per heavy atom. The fourth-order valence-electron chi connectivity index (χ4n) is 3.69. The Labute approximate surface area is 144 Å². The molecule has 1 N–H and O–H groups in total. The summed E-state index contributed by atoms with van der Waals surface area (Å²) in [5, 5.41) is 7.66. The van der Waals surface area contributed by atoms with Crippen LogP contribution in [0.4, 0.5) is 0 Å². The van der Waals surface area contributed by atoms with E-state index in [1.54, 1.807) is 0 Å². The number of benzene rings is 1. The topological polar surface area (TPSA) is 46.9 Å². The van der Waals surface area contributed by atoms with E-state index in [1.807, 2.05) is 30.1 Å². The number of nitrogens with zero attached hydrogens (tertiary/aromatic N) is 2. The van der Waals surface area contributed by atoms with Gasteiger partial charge in [-0.2, -0.15) is 5.10 Å². The molecule has 4 nitrogen and oxygen atoms in total. The van der Waals surface area contributed by atoms with Gasteiger partial charge in [-0.15, -0.1) is 0 Å². The number of fused-ring (bicyclic) bond motifs is 1. The summed E-state index contributed by atoms with van der Waals surface area (Å²) in [6.45, 7) is 0. The summed E-state index contributed by atoms with van der Waals surface area (Å²) < 4.78 is 2.99. The van der Waals surface area contributed by atoms with Crippen LogP contribution in [0, 0.1) is 0 Å². The number of carbonyl (C=O) groups is 1. The number of amides is 1. The second-order valence-electron chi connectivity index (χ2n) is 6.68. The standard InChI is InChI=1S/C18H20BrN3O/c1-22-16-4-2-3-15(14(16)11-20-22)21-17(23)18(9-10-18)12-5-7-13(19)8-6-12/h5-8,11,15H,2-4,9-10H2,1H3,(H,21,23)/t15-/m1/s1. The summed E-state index contributed by atoms with van der Waals surface area (Å²) in [5.74, 6) is 0.168. The summed E-state index contributed by atoms with van der Waals surface area (Å²) in [7, 11) is 1.98. The fraction of sp³-hybridized carbons (Fsp3) is 0.444. The first-order valence-electron chi connectivity index (χ1n) is 8.18. The number of hydrogen-bond donors (Lipinski definition) is 1. The third-order valence-corrected chi connectivity index (χ3v) is 5.79. The zero-order chi connectivity index (χ0) is 16.0. The van der Waals surface area contributed by atoms with Gasteiger partial charge in [-0.3, -0.25) is 9.48 Å². The van der Waals surface area contributed by atoms with Crippen LogP contribution in [0.1, 0.15) is 48.5 Å². The number of carbonyl (C=O) groups excluding carboxylic acids is 1. The van der Waals surface area contributed by atoms with Gasteiger partial charge in [0.2, 0.25) is 5.91 Å². The Kier molecular flexibility index (Phi) is 3.56. The molecule has 5 heteroatoms. The summed E-state index contributed by atoms with van der Waals surface area (Å²) in [4.78, 5) is 12.9. The van der Waals surface area contributed by atoms with E-state index in [4.69, 9.17) is 0 Å². The van der Waals surface area contributed by atoms with E-state index < -0.39 is 0 Å². The van der Waals surface area contributed by atoms with Crippen molar-refractivity contribution < 1.29 is 4.79 Å². The van der Waals surface area contributed by atoms with Crippen LogP contribution in [-0.2, 0) is 23.7 Å². The maximum atomic E-state index is 12.9. The molecule has 1 aromatic carbocycles. The molecule has 2 aromatic rings. The van der Waals surface area contributed by atoms with Crippen LogP contribution in [0.5, 0.6) is 0 Å². The lowest BCUT2D eigenvalue weighted by molar-refractivity contribution is -0.124. The lowest BCUT2D eigenvalue weighted by Gasteiger charge is -2.26. The van der Waals surface area contributed by atoms with Crippen LogP contribution in [0.25, 0.3) is 0 Å². The Bertz CT molecular complexity index is 746. The molecule has 1 heterocycles. The normalized spacial score (nSPS) is 21.6. The van der Waals surface area contributed by atoms with Crippen molar-refractivity contribution in [3.05, 3.63) is 51.8 Å². The van der Waals surface area contributed by atoms with Gasteiger partial charge in [0.25, 0.3) is 0 Å². The minimum Gasteiger partial charge on any atom is -0.348 e. The van der Waals surface area contributed by atoms with Crippen molar-refractivity contribution in [3.63, 3.8) is 0 Å². The van der Waals surface area contributed by atoms with Gasteiger partial charge in [0.15, 0.2) is 0 Å². The first kappa shape index (κ1) is 14.9. The minimum atomic E-state index is -0.319. The summed E-state index contributed by atoms with van der Waals surface area (Å²) in [6, 6.07) is 8.26. The van der Waals surface area contributed by atoms with Gasteiger partial charge in [-0.1, -0.05) is 28.1 Å². The van der Waals surface area contributed by atoms with E-state index >= 15 is 0 Å². The van der Waals surface area contributed by atoms with Crippen molar-refractivity contribution in [3.8, 4) is 0 Å². The van der Waals surface area contributed by atoms with Crippen LogP contribution < -0.4 is 5.32 Å². The molecule has 0 unspecified atom stereocenters. The van der Waals surface area contributed by atoms with Crippen LogP contribution in [0.15, 0.2) is 34.9 Å². The first-order valence-corrected chi connectivity index (χ1v) is 8.97. The molecule has 1 saturated carbocycles. The quantitative estimate of drug-likeness (QED) is 0.895. The van der Waals surface area contributed by atoms with E-state index in [2.05, 4.69) is 38.5 Å². The molecule has 1 fully saturated rings. The van der Waals surface area contributed by atoms with Crippen molar-refractivity contribution >= 4 is 21.8 Å². The molecule has 23 heavy (non-hydrogen) atoms. The molecular formula is C18H20BrN3O. The van der Waals surface area contributed by atoms with Crippen LogP contribution in [0.2, 0.25) is 0 Å². The highest BCUT2D eigenvalue weighted by molar-refractivity contribution is 9.10. The maximum absolute atomic E-state index is 12.9. The van der Waals surface area contributed by atoms with Gasteiger partial charge in [0, 0.05) is 22.8 Å². The molecule has 1 atom stereocenters. The van der Waals surface area contributed by atoms with Crippen molar-refractivity contribution in [2.75, 3.05) is 0 Å². The molecule has 0 saturated heterocycles. The third kappa shape index (κ3) is 2.51. The lowest BCUT2D eigenvalue weighted by atomic mass is 9.90. The van der Waals surface area contributed by atoms with Gasteiger partial charge in [-0.05, 0) is 49.8 Å². The van der Waals surface area contributed by atoms with Crippen molar-refractivity contribution in [1.29, 1.82) is 0 Å². The number of rotatable bonds is 3. The fourth-order valence-corrected chi connectivity index (χ4v) is 3.96. The lowest BCUT2D eigenvalue weighted by Crippen LogP contribution is -2.38. The molecule has 0 radical (unpaired) electrons. The van der Waals surface area contributed by atoms with Crippen LogP contribution >= 0.6 is 15.9 Å². The van der Waals surface area contributed by atoms with Crippen molar-refractivity contribution in [2.45, 2.75) is 43.6 Å². The highest BCUT2D eigenvalue weighted by atomic mass is 79.9. The average Bonchev–Trinajstić information content (AvgIpc) is 3.28. The average molecular weight is 374 g/mol.